The van der Waals surface area contributed by atoms with E-state index in [1.807, 2.05) is 0 Å². The first-order valence-corrected chi connectivity index (χ1v) is 9.38. The molecule has 1 saturated heterocycles. The number of rotatable bonds is 7. The lowest BCUT2D eigenvalue weighted by Crippen LogP contribution is -2.47. The minimum atomic E-state index is -3.98. The zero-order chi connectivity index (χ0) is 18.5. The number of esters is 1. The molecule has 0 amide bonds. The number of methoxy groups -OCH3 is 2. The Balaban J connectivity index is 0.00000338. The van der Waals surface area contributed by atoms with Crippen LogP contribution in [0.3, 0.4) is 0 Å². The van der Waals surface area contributed by atoms with E-state index in [1.165, 1.54) is 0 Å². The van der Waals surface area contributed by atoms with Crippen LogP contribution in [0.5, 0.6) is 0 Å². The highest BCUT2D eigenvalue weighted by molar-refractivity contribution is 7.89. The van der Waals surface area contributed by atoms with Gasteiger partial charge in [0.1, 0.15) is 5.82 Å². The van der Waals surface area contributed by atoms with Gasteiger partial charge in [-0.15, -0.1) is 12.4 Å². The van der Waals surface area contributed by atoms with Crippen LogP contribution in [0.4, 0.5) is 4.39 Å². The molecule has 0 aromatic heterocycles. The summed E-state index contributed by atoms with van der Waals surface area (Å²) in [7, 11) is -1.26. The molecule has 7 nitrogen and oxygen atoms in total. The summed E-state index contributed by atoms with van der Waals surface area (Å²) in [5.74, 6) is -1.62. The van der Waals surface area contributed by atoms with Crippen molar-refractivity contribution in [3.8, 4) is 0 Å². The van der Waals surface area contributed by atoms with E-state index >= 15 is 0 Å². The van der Waals surface area contributed by atoms with Crippen molar-refractivity contribution in [2.24, 2.45) is 5.41 Å². The molecule has 148 valence electrons. The molecule has 10 heteroatoms. The van der Waals surface area contributed by atoms with E-state index in [1.54, 1.807) is 7.11 Å². The van der Waals surface area contributed by atoms with Gasteiger partial charge in [-0.3, -0.25) is 0 Å². The Bertz CT molecular complexity index is 718. The van der Waals surface area contributed by atoms with Crippen LogP contribution < -0.4 is 10.0 Å². The van der Waals surface area contributed by atoms with Crippen LogP contribution in [0.25, 0.3) is 0 Å². The highest BCUT2D eigenvalue weighted by Crippen LogP contribution is 2.29. The molecule has 0 unspecified atom stereocenters. The van der Waals surface area contributed by atoms with Crippen molar-refractivity contribution in [3.63, 3.8) is 0 Å². The van der Waals surface area contributed by atoms with Crippen LogP contribution >= 0.6 is 12.4 Å². The van der Waals surface area contributed by atoms with Crippen molar-refractivity contribution < 1.29 is 27.1 Å². The molecule has 1 aliphatic rings. The van der Waals surface area contributed by atoms with E-state index in [0.29, 0.717) is 6.61 Å². The summed E-state index contributed by atoms with van der Waals surface area (Å²) in [6, 6.07) is 2.91. The van der Waals surface area contributed by atoms with Crippen LogP contribution in [-0.2, 0) is 19.5 Å². The van der Waals surface area contributed by atoms with Crippen molar-refractivity contribution >= 4 is 28.4 Å². The number of carbonyl (C=O) groups is 1. The van der Waals surface area contributed by atoms with Crippen molar-refractivity contribution in [3.05, 3.63) is 29.6 Å². The Morgan fingerprint density at radius 1 is 1.27 bits per heavy atom. The lowest BCUT2D eigenvalue weighted by Gasteiger charge is -2.37. The van der Waals surface area contributed by atoms with Crippen LogP contribution in [-0.4, -0.2) is 54.8 Å². The smallest absolute Gasteiger partial charge is 0.337 e. The van der Waals surface area contributed by atoms with Gasteiger partial charge < -0.3 is 14.8 Å². The lowest BCUT2D eigenvalue weighted by molar-refractivity contribution is 0.0577. The van der Waals surface area contributed by atoms with Gasteiger partial charge in [0.05, 0.1) is 24.2 Å². The maximum absolute atomic E-state index is 13.7. The Kier molecular flexibility index (Phi) is 8.42. The Labute approximate surface area is 159 Å². The van der Waals surface area contributed by atoms with E-state index < -0.39 is 21.8 Å². The second kappa shape index (κ2) is 9.61. The summed E-state index contributed by atoms with van der Waals surface area (Å²) < 4.78 is 51.1. The lowest BCUT2D eigenvalue weighted by atomic mass is 9.80. The predicted molar refractivity (Wildman–Crippen MR) is 96.6 cm³/mol. The molecule has 1 aromatic carbocycles. The average molecular weight is 411 g/mol. The number of nitrogens with one attached hydrogen (secondary N) is 2. The van der Waals surface area contributed by atoms with Gasteiger partial charge in [-0.2, -0.15) is 0 Å². The summed E-state index contributed by atoms with van der Waals surface area (Å²) in [4.78, 5) is 11.2. The standard InChI is InChI=1S/C16H23FN2O5S.ClH/c1-23-11-16(3-5-18-6-4-16)10-19-25(21,22)14-8-12(15(20)24-2)7-13(17)9-14;/h7-9,18-19H,3-6,10-11H2,1-2H3;1H. The highest BCUT2D eigenvalue weighted by Gasteiger charge is 2.33. The molecule has 2 rings (SSSR count). The number of sulfonamides is 1. The SMILES string of the molecule is COCC1(CNS(=O)(=O)c2cc(F)cc(C(=O)OC)c2)CCNCC1.Cl. The van der Waals surface area contributed by atoms with Gasteiger partial charge in [0.15, 0.2) is 0 Å². The Hall–Kier alpha value is -1.26. The molecule has 0 atom stereocenters. The first kappa shape index (κ1) is 22.8. The van der Waals surface area contributed by atoms with Gasteiger partial charge >= 0.3 is 5.97 Å². The number of hydrogen-bond donors (Lipinski definition) is 2. The fourth-order valence-corrected chi connectivity index (χ4v) is 4.13. The van der Waals surface area contributed by atoms with Gasteiger partial charge in [-0.25, -0.2) is 22.3 Å². The summed E-state index contributed by atoms with van der Waals surface area (Å²) in [5, 5.41) is 3.23. The Morgan fingerprint density at radius 3 is 2.50 bits per heavy atom. The second-order valence-corrected chi connectivity index (χ2v) is 7.94. The van der Waals surface area contributed by atoms with Gasteiger partial charge in [0, 0.05) is 19.1 Å². The number of piperidine rings is 1. The third-order valence-corrected chi connectivity index (χ3v) is 5.74. The van der Waals surface area contributed by atoms with Crippen LogP contribution in [0, 0.1) is 11.2 Å². The van der Waals surface area contributed by atoms with Crippen LogP contribution in [0.15, 0.2) is 23.1 Å². The fourth-order valence-electron chi connectivity index (χ4n) is 2.92. The average Bonchev–Trinajstić information content (AvgIpc) is 2.60. The molecule has 1 aliphatic heterocycles. The third kappa shape index (κ3) is 5.62. The maximum Gasteiger partial charge on any atom is 0.337 e. The molecule has 1 fully saturated rings. The molecule has 1 aromatic rings. The number of halogens is 2. The quantitative estimate of drug-likeness (QED) is 0.659. The molecule has 26 heavy (non-hydrogen) atoms. The molecule has 0 aliphatic carbocycles. The first-order chi connectivity index (χ1) is 11.8. The van der Waals surface area contributed by atoms with E-state index in [9.17, 15) is 17.6 Å². The van der Waals surface area contributed by atoms with Gasteiger partial charge in [-0.05, 0) is 44.1 Å². The minimum absolute atomic E-state index is 0. The second-order valence-electron chi connectivity index (χ2n) is 6.17. The van der Waals surface area contributed by atoms with Crippen molar-refractivity contribution in [2.45, 2.75) is 17.7 Å². The first-order valence-electron chi connectivity index (χ1n) is 7.90. The Morgan fingerprint density at radius 2 is 1.92 bits per heavy atom. The number of hydrogen-bond acceptors (Lipinski definition) is 6. The normalized spacial score (nSPS) is 16.6. The third-order valence-electron chi connectivity index (χ3n) is 4.35. The molecule has 0 bridgehead atoms. The van der Waals surface area contributed by atoms with E-state index in [0.717, 1.165) is 51.2 Å². The highest BCUT2D eigenvalue weighted by atomic mass is 35.5. The van der Waals surface area contributed by atoms with Crippen LogP contribution in [0.2, 0.25) is 0 Å². The predicted octanol–water partition coefficient (Wildman–Crippen LogP) is 1.33. The summed E-state index contributed by atoms with van der Waals surface area (Å²) in [6.45, 7) is 2.15. The molecule has 0 spiro atoms. The number of benzene rings is 1. The van der Waals surface area contributed by atoms with Crippen LogP contribution in [0.1, 0.15) is 23.2 Å². The number of ether oxygens (including phenoxy) is 2. The monoisotopic (exact) mass is 410 g/mol. The van der Waals surface area contributed by atoms with E-state index in [4.69, 9.17) is 4.74 Å². The van der Waals surface area contributed by atoms with Crippen molar-refractivity contribution in [2.75, 3.05) is 40.5 Å². The molecule has 2 N–H and O–H groups in total. The zero-order valence-electron chi connectivity index (χ0n) is 14.7. The molecular formula is C16H24ClFN2O5S. The van der Waals surface area contributed by atoms with Gasteiger partial charge in [0.25, 0.3) is 0 Å². The maximum atomic E-state index is 13.7. The summed E-state index contributed by atoms with van der Waals surface area (Å²) in [5.41, 5.74) is -0.470. The van der Waals surface area contributed by atoms with Gasteiger partial charge in [0.2, 0.25) is 10.0 Å². The number of carbonyl (C=O) groups excluding carboxylic acids is 1. The van der Waals surface area contributed by atoms with E-state index in [2.05, 4.69) is 14.8 Å². The van der Waals surface area contributed by atoms with Gasteiger partial charge in [-0.1, -0.05) is 0 Å². The molecular weight excluding hydrogens is 387 g/mol. The molecule has 0 saturated carbocycles. The van der Waals surface area contributed by atoms with Crippen molar-refractivity contribution in [1.82, 2.24) is 10.0 Å². The molecule has 0 radical (unpaired) electrons. The zero-order valence-corrected chi connectivity index (χ0v) is 16.3. The topological polar surface area (TPSA) is 93.7 Å². The van der Waals surface area contributed by atoms with Crippen molar-refractivity contribution in [1.29, 1.82) is 0 Å². The summed E-state index contributed by atoms with van der Waals surface area (Å²) >= 11 is 0. The minimum Gasteiger partial charge on any atom is -0.465 e. The largest absolute Gasteiger partial charge is 0.465 e. The molecule has 1 heterocycles. The fraction of sp³-hybridized carbons (Fsp3) is 0.562. The summed E-state index contributed by atoms with van der Waals surface area (Å²) in [6.07, 6.45) is 1.53. The van der Waals surface area contributed by atoms with E-state index in [-0.39, 0.29) is 34.8 Å².